The van der Waals surface area contributed by atoms with Gasteiger partial charge in [-0.15, -0.1) is 11.3 Å². The van der Waals surface area contributed by atoms with Crippen molar-refractivity contribution in [3.05, 3.63) is 49.0 Å². The molecule has 1 aromatic carbocycles. The van der Waals surface area contributed by atoms with E-state index in [2.05, 4.69) is 77.9 Å². The fourth-order valence-electron chi connectivity index (χ4n) is 2.23. The Morgan fingerprint density at radius 2 is 1.95 bits per heavy atom. The topological polar surface area (TPSA) is 24.9 Å². The van der Waals surface area contributed by atoms with Gasteiger partial charge in [0.1, 0.15) is 0 Å². The van der Waals surface area contributed by atoms with Crippen LogP contribution in [-0.2, 0) is 6.42 Å². The molecule has 2 rings (SSSR count). The lowest BCUT2D eigenvalue weighted by Crippen LogP contribution is -2.22. The number of benzene rings is 1. The smallest absolute Gasteiger partial charge is 0.0900 e. The van der Waals surface area contributed by atoms with E-state index in [-0.39, 0.29) is 0 Å². The summed E-state index contributed by atoms with van der Waals surface area (Å²) in [5.74, 6) is 0. The quantitative estimate of drug-likeness (QED) is 0.777. The van der Waals surface area contributed by atoms with Gasteiger partial charge in [-0.3, -0.25) is 0 Å². The Morgan fingerprint density at radius 3 is 2.47 bits per heavy atom. The Bertz CT molecular complexity index is 534. The van der Waals surface area contributed by atoms with Crippen LogP contribution in [0.4, 0.5) is 0 Å². The first-order chi connectivity index (χ1) is 9.10. The van der Waals surface area contributed by atoms with Gasteiger partial charge in [0.05, 0.1) is 10.7 Å². The molecule has 2 nitrogen and oxygen atoms in total. The number of rotatable bonds is 5. The second kappa shape index (κ2) is 6.81. The third kappa shape index (κ3) is 4.00. The Morgan fingerprint density at radius 1 is 1.26 bits per heavy atom. The summed E-state index contributed by atoms with van der Waals surface area (Å²) < 4.78 is 1.28. The molecular weight excluding hydrogens is 367 g/mol. The summed E-state index contributed by atoms with van der Waals surface area (Å²) in [5.41, 5.74) is 2.54. The molecule has 1 aromatic heterocycles. The maximum atomic E-state index is 4.55. The van der Waals surface area contributed by atoms with Crippen molar-refractivity contribution in [2.45, 2.75) is 33.2 Å². The summed E-state index contributed by atoms with van der Waals surface area (Å²) in [6.07, 6.45) is 1.02. The Labute approximate surface area is 132 Å². The Kier molecular flexibility index (Phi) is 5.36. The lowest BCUT2D eigenvalue weighted by molar-refractivity contribution is 0.555. The minimum absolute atomic E-state index is 0.372. The molecule has 1 heterocycles. The Balaban J connectivity index is 2.20. The van der Waals surface area contributed by atoms with E-state index in [1.165, 1.54) is 19.7 Å². The highest BCUT2D eigenvalue weighted by molar-refractivity contribution is 14.1. The molecule has 0 aliphatic carbocycles. The van der Waals surface area contributed by atoms with E-state index in [1.807, 2.05) is 11.3 Å². The average molecular weight is 386 g/mol. The number of hydrogen-bond donors (Lipinski definition) is 1. The zero-order valence-electron chi connectivity index (χ0n) is 11.5. The average Bonchev–Trinajstić information content (AvgIpc) is 2.71. The first-order valence-corrected chi connectivity index (χ1v) is 8.41. The summed E-state index contributed by atoms with van der Waals surface area (Å²) >= 11 is 4.15. The SMILES string of the molecule is CCNC(Cc1ccc(I)cc1)c1sc(C)nc1C. The van der Waals surface area contributed by atoms with E-state index in [4.69, 9.17) is 0 Å². The van der Waals surface area contributed by atoms with Crippen LogP contribution in [0, 0.1) is 17.4 Å². The predicted octanol–water partition coefficient (Wildman–Crippen LogP) is 4.26. The third-order valence-corrected chi connectivity index (χ3v) is 4.97. The molecule has 2 aromatic rings. The van der Waals surface area contributed by atoms with Gasteiger partial charge in [-0.25, -0.2) is 4.98 Å². The summed E-state index contributed by atoms with van der Waals surface area (Å²) in [6.45, 7) is 7.32. The van der Waals surface area contributed by atoms with Crippen molar-refractivity contribution >= 4 is 33.9 Å². The molecule has 1 atom stereocenters. The standard InChI is InChI=1S/C15H19IN2S/c1-4-17-14(15-10(2)18-11(3)19-15)9-12-5-7-13(16)8-6-12/h5-8,14,17H,4,9H2,1-3H3. The molecule has 0 aliphatic heterocycles. The second-order valence-corrected chi connectivity index (χ2v) is 7.10. The van der Waals surface area contributed by atoms with Crippen LogP contribution in [0.3, 0.4) is 0 Å². The van der Waals surface area contributed by atoms with Gasteiger partial charge in [0.15, 0.2) is 0 Å². The molecule has 1 N–H and O–H groups in total. The number of halogens is 1. The van der Waals surface area contributed by atoms with E-state index in [1.54, 1.807) is 0 Å². The van der Waals surface area contributed by atoms with Gasteiger partial charge in [0.25, 0.3) is 0 Å². The highest BCUT2D eigenvalue weighted by Gasteiger charge is 2.17. The van der Waals surface area contributed by atoms with Crippen molar-refractivity contribution in [3.8, 4) is 0 Å². The van der Waals surface area contributed by atoms with Crippen molar-refractivity contribution in [1.82, 2.24) is 10.3 Å². The molecule has 0 radical (unpaired) electrons. The largest absolute Gasteiger partial charge is 0.309 e. The molecule has 0 saturated heterocycles. The summed E-state index contributed by atoms with van der Waals surface area (Å²) in [5, 5.41) is 4.74. The third-order valence-electron chi connectivity index (χ3n) is 3.06. The number of nitrogens with zero attached hydrogens (tertiary/aromatic N) is 1. The van der Waals surface area contributed by atoms with Crippen molar-refractivity contribution in [2.24, 2.45) is 0 Å². The summed E-state index contributed by atoms with van der Waals surface area (Å²) in [6, 6.07) is 9.15. The summed E-state index contributed by atoms with van der Waals surface area (Å²) in [4.78, 5) is 5.92. The molecule has 4 heteroatoms. The van der Waals surface area contributed by atoms with Crippen molar-refractivity contribution in [2.75, 3.05) is 6.54 Å². The number of likely N-dealkylation sites (N-methyl/N-ethyl adjacent to an activating group) is 1. The van der Waals surface area contributed by atoms with Gasteiger partial charge < -0.3 is 5.32 Å². The van der Waals surface area contributed by atoms with Crippen LogP contribution in [-0.4, -0.2) is 11.5 Å². The monoisotopic (exact) mass is 386 g/mol. The maximum Gasteiger partial charge on any atom is 0.0900 e. The van der Waals surface area contributed by atoms with Crippen molar-refractivity contribution < 1.29 is 0 Å². The van der Waals surface area contributed by atoms with E-state index >= 15 is 0 Å². The van der Waals surface area contributed by atoms with Crippen molar-refractivity contribution in [1.29, 1.82) is 0 Å². The van der Waals surface area contributed by atoms with Crippen LogP contribution in [0.1, 0.15) is 34.1 Å². The molecule has 0 spiro atoms. The number of nitrogens with one attached hydrogen (secondary N) is 1. The van der Waals surface area contributed by atoms with Gasteiger partial charge in [0.2, 0.25) is 0 Å². The minimum atomic E-state index is 0.372. The molecule has 0 bridgehead atoms. The highest BCUT2D eigenvalue weighted by Crippen LogP contribution is 2.27. The molecule has 1 unspecified atom stereocenters. The fourth-order valence-corrected chi connectivity index (χ4v) is 3.59. The molecule has 0 fully saturated rings. The molecule has 0 aliphatic rings. The number of thiazole rings is 1. The second-order valence-electron chi connectivity index (χ2n) is 4.62. The molecular formula is C15H19IN2S. The molecule has 102 valence electrons. The fraction of sp³-hybridized carbons (Fsp3) is 0.400. The number of aromatic nitrogens is 1. The first-order valence-electron chi connectivity index (χ1n) is 6.52. The minimum Gasteiger partial charge on any atom is -0.309 e. The normalized spacial score (nSPS) is 12.6. The van der Waals surface area contributed by atoms with E-state index in [9.17, 15) is 0 Å². The van der Waals surface area contributed by atoms with Crippen molar-refractivity contribution in [3.63, 3.8) is 0 Å². The zero-order chi connectivity index (χ0) is 13.8. The number of aryl methyl sites for hydroxylation is 2. The number of hydrogen-bond acceptors (Lipinski definition) is 3. The van der Waals surface area contributed by atoms with E-state index < -0.39 is 0 Å². The molecule has 19 heavy (non-hydrogen) atoms. The highest BCUT2D eigenvalue weighted by atomic mass is 127. The maximum absolute atomic E-state index is 4.55. The molecule has 0 saturated carbocycles. The van der Waals surface area contributed by atoms with Crippen LogP contribution < -0.4 is 5.32 Å². The van der Waals surface area contributed by atoms with Crippen LogP contribution in [0.5, 0.6) is 0 Å². The molecule has 0 amide bonds. The van der Waals surface area contributed by atoms with E-state index in [0.717, 1.165) is 18.0 Å². The lowest BCUT2D eigenvalue weighted by atomic mass is 10.0. The predicted molar refractivity (Wildman–Crippen MR) is 90.9 cm³/mol. The van der Waals surface area contributed by atoms with Crippen LogP contribution in [0.25, 0.3) is 0 Å². The zero-order valence-corrected chi connectivity index (χ0v) is 14.5. The first kappa shape index (κ1) is 14.9. The van der Waals surface area contributed by atoms with E-state index in [0.29, 0.717) is 6.04 Å². The summed E-state index contributed by atoms with van der Waals surface area (Å²) in [7, 11) is 0. The van der Waals surface area contributed by atoms with Gasteiger partial charge in [0, 0.05) is 14.5 Å². The lowest BCUT2D eigenvalue weighted by Gasteiger charge is -2.17. The van der Waals surface area contributed by atoms with Crippen LogP contribution in [0.15, 0.2) is 24.3 Å². The van der Waals surface area contributed by atoms with Gasteiger partial charge in [-0.1, -0.05) is 19.1 Å². The van der Waals surface area contributed by atoms with Crippen LogP contribution in [0.2, 0.25) is 0 Å². The Hall–Kier alpha value is -0.460. The van der Waals surface area contributed by atoms with Crippen LogP contribution >= 0.6 is 33.9 Å². The van der Waals surface area contributed by atoms with Gasteiger partial charge in [-0.2, -0.15) is 0 Å². The van der Waals surface area contributed by atoms with Gasteiger partial charge in [-0.05, 0) is 67.1 Å². The van der Waals surface area contributed by atoms with Gasteiger partial charge >= 0.3 is 0 Å².